The molecule has 2 aromatic rings. The Kier molecular flexibility index (Phi) is 5.55. The number of rotatable bonds is 5. The number of benzene rings is 1. The lowest BCUT2D eigenvalue weighted by Crippen LogP contribution is -2.40. The topological polar surface area (TPSA) is 45.2 Å². The molecule has 0 fully saturated rings. The van der Waals surface area contributed by atoms with Gasteiger partial charge in [-0.25, -0.2) is 4.79 Å². The molecule has 0 aliphatic carbocycles. The van der Waals surface area contributed by atoms with E-state index in [0.717, 1.165) is 11.1 Å². The van der Waals surface area contributed by atoms with E-state index in [4.69, 9.17) is 11.6 Å². The first kappa shape index (κ1) is 16.0. The lowest BCUT2D eigenvalue weighted by molar-refractivity contribution is 0.199. The number of nitrogens with one attached hydrogen (secondary N) is 1. The van der Waals surface area contributed by atoms with Gasteiger partial charge in [0.25, 0.3) is 0 Å². The van der Waals surface area contributed by atoms with E-state index in [9.17, 15) is 4.79 Å². The number of hydrogen-bond donors (Lipinski definition) is 1. The third kappa shape index (κ3) is 3.86. The normalized spacial score (nSPS) is 11.5. The van der Waals surface area contributed by atoms with Gasteiger partial charge in [0.15, 0.2) is 0 Å². The number of hydrogen-bond acceptors (Lipinski definition) is 2. The monoisotopic (exact) mass is 315 g/mol. The molecule has 2 rings (SSSR count). The second kappa shape index (κ2) is 7.61. The average Bonchev–Trinajstić information content (AvgIpc) is 2.55. The van der Waals surface area contributed by atoms with Crippen molar-refractivity contribution in [3.05, 3.63) is 77.6 Å². The summed E-state index contributed by atoms with van der Waals surface area (Å²) in [6.07, 6.45) is 5.11. The zero-order valence-corrected chi connectivity index (χ0v) is 13.1. The Morgan fingerprint density at radius 2 is 2.09 bits per heavy atom. The van der Waals surface area contributed by atoms with Crippen molar-refractivity contribution in [3.63, 3.8) is 0 Å². The summed E-state index contributed by atoms with van der Waals surface area (Å²) in [5.74, 6) is 0. The first-order valence-corrected chi connectivity index (χ1v) is 7.28. The van der Waals surface area contributed by atoms with Gasteiger partial charge in [-0.3, -0.25) is 4.98 Å². The maximum Gasteiger partial charge on any atom is 0.318 e. The van der Waals surface area contributed by atoms with Gasteiger partial charge in [0.05, 0.1) is 6.04 Å². The molecule has 2 amide bonds. The van der Waals surface area contributed by atoms with Crippen molar-refractivity contribution in [2.24, 2.45) is 0 Å². The molecule has 22 heavy (non-hydrogen) atoms. The van der Waals surface area contributed by atoms with E-state index >= 15 is 0 Å². The van der Waals surface area contributed by atoms with E-state index in [1.807, 2.05) is 36.4 Å². The minimum absolute atomic E-state index is 0.177. The minimum atomic E-state index is -0.240. The van der Waals surface area contributed by atoms with Crippen LogP contribution < -0.4 is 5.32 Å². The van der Waals surface area contributed by atoms with Gasteiger partial charge in [-0.15, -0.1) is 6.58 Å². The summed E-state index contributed by atoms with van der Waals surface area (Å²) in [5.41, 5.74) is 1.90. The van der Waals surface area contributed by atoms with Gasteiger partial charge in [0.2, 0.25) is 0 Å². The van der Waals surface area contributed by atoms with E-state index in [1.54, 1.807) is 30.4 Å². The highest BCUT2D eigenvalue weighted by Crippen LogP contribution is 2.28. The van der Waals surface area contributed by atoms with Crippen LogP contribution in [-0.4, -0.2) is 29.5 Å². The fourth-order valence-electron chi connectivity index (χ4n) is 2.22. The molecule has 0 saturated carbocycles. The molecular weight excluding hydrogens is 298 g/mol. The summed E-state index contributed by atoms with van der Waals surface area (Å²) < 4.78 is 0. The largest absolute Gasteiger partial charge is 0.335 e. The van der Waals surface area contributed by atoms with Crippen LogP contribution in [0.4, 0.5) is 4.79 Å². The number of carbonyl (C=O) groups excluding carboxylic acids is 1. The van der Waals surface area contributed by atoms with Gasteiger partial charge in [0.1, 0.15) is 0 Å². The van der Waals surface area contributed by atoms with Crippen molar-refractivity contribution in [3.8, 4) is 0 Å². The number of halogens is 1. The van der Waals surface area contributed by atoms with Crippen LogP contribution in [0.1, 0.15) is 17.2 Å². The van der Waals surface area contributed by atoms with Crippen molar-refractivity contribution in [1.82, 2.24) is 15.2 Å². The molecule has 0 bridgehead atoms. The molecule has 1 atom stereocenters. The standard InChI is InChI=1S/C17H18ClN3O/c1-3-10-20-17(22)21(2)16(14-5-4-11-19-12-14)13-6-8-15(18)9-7-13/h3-9,11-12,16H,1,10H2,2H3,(H,20,22). The number of amides is 2. The van der Waals surface area contributed by atoms with E-state index in [0.29, 0.717) is 11.6 Å². The Labute approximate surface area is 135 Å². The predicted octanol–water partition coefficient (Wildman–Crippen LogP) is 3.65. The highest BCUT2D eigenvalue weighted by Gasteiger charge is 2.23. The van der Waals surface area contributed by atoms with E-state index in [-0.39, 0.29) is 12.1 Å². The van der Waals surface area contributed by atoms with Crippen LogP contribution in [0.5, 0.6) is 0 Å². The van der Waals surface area contributed by atoms with Gasteiger partial charge in [-0.2, -0.15) is 0 Å². The molecule has 0 radical (unpaired) electrons. The van der Waals surface area contributed by atoms with E-state index in [1.165, 1.54) is 0 Å². The smallest absolute Gasteiger partial charge is 0.318 e. The van der Waals surface area contributed by atoms with Crippen molar-refractivity contribution in [1.29, 1.82) is 0 Å². The second-order valence-corrected chi connectivity index (χ2v) is 5.26. The molecule has 1 unspecified atom stereocenters. The van der Waals surface area contributed by atoms with Crippen LogP contribution in [0.25, 0.3) is 0 Å². The molecule has 5 heteroatoms. The summed E-state index contributed by atoms with van der Waals surface area (Å²) in [5, 5.41) is 3.45. The molecule has 1 heterocycles. The Bertz CT molecular complexity index is 628. The predicted molar refractivity (Wildman–Crippen MR) is 88.9 cm³/mol. The number of nitrogens with zero attached hydrogens (tertiary/aromatic N) is 2. The van der Waals surface area contributed by atoms with Crippen LogP contribution in [-0.2, 0) is 0 Å². The van der Waals surface area contributed by atoms with Gasteiger partial charge >= 0.3 is 6.03 Å². The van der Waals surface area contributed by atoms with Gasteiger partial charge in [-0.1, -0.05) is 35.9 Å². The minimum Gasteiger partial charge on any atom is -0.335 e. The van der Waals surface area contributed by atoms with Crippen molar-refractivity contribution in [2.45, 2.75) is 6.04 Å². The summed E-state index contributed by atoms with van der Waals surface area (Å²) in [7, 11) is 1.75. The van der Waals surface area contributed by atoms with E-state index < -0.39 is 0 Å². The Morgan fingerprint density at radius 1 is 1.36 bits per heavy atom. The number of pyridine rings is 1. The Balaban J connectivity index is 2.35. The first-order valence-electron chi connectivity index (χ1n) is 6.90. The molecule has 1 N–H and O–H groups in total. The average molecular weight is 316 g/mol. The molecule has 114 valence electrons. The molecule has 4 nitrogen and oxygen atoms in total. The van der Waals surface area contributed by atoms with Crippen molar-refractivity contribution >= 4 is 17.6 Å². The van der Waals surface area contributed by atoms with Gasteiger partial charge in [-0.05, 0) is 29.3 Å². The lowest BCUT2D eigenvalue weighted by atomic mass is 9.99. The second-order valence-electron chi connectivity index (χ2n) is 4.83. The summed E-state index contributed by atoms with van der Waals surface area (Å²) in [6, 6.07) is 10.8. The number of aromatic nitrogens is 1. The molecule has 0 aliphatic heterocycles. The maximum atomic E-state index is 12.3. The number of carbonyl (C=O) groups is 1. The summed E-state index contributed by atoms with van der Waals surface area (Å²) in [4.78, 5) is 18.1. The SMILES string of the molecule is C=CCNC(=O)N(C)C(c1ccc(Cl)cc1)c1cccnc1. The van der Waals surface area contributed by atoms with Crippen LogP contribution in [0.15, 0.2) is 61.4 Å². The summed E-state index contributed by atoms with van der Waals surface area (Å²) >= 11 is 5.96. The van der Waals surface area contributed by atoms with Crippen molar-refractivity contribution < 1.29 is 4.79 Å². The van der Waals surface area contributed by atoms with Crippen LogP contribution in [0.3, 0.4) is 0 Å². The fourth-order valence-corrected chi connectivity index (χ4v) is 2.35. The van der Waals surface area contributed by atoms with Crippen molar-refractivity contribution in [2.75, 3.05) is 13.6 Å². The molecular formula is C17H18ClN3O. The van der Waals surface area contributed by atoms with Crippen LogP contribution >= 0.6 is 11.6 Å². The molecule has 0 spiro atoms. The number of urea groups is 1. The summed E-state index contributed by atoms with van der Waals surface area (Å²) in [6.45, 7) is 4.03. The first-order chi connectivity index (χ1) is 10.6. The maximum absolute atomic E-state index is 12.3. The van der Waals surface area contributed by atoms with E-state index in [2.05, 4.69) is 16.9 Å². The molecule has 0 aliphatic rings. The highest BCUT2D eigenvalue weighted by molar-refractivity contribution is 6.30. The third-order valence-electron chi connectivity index (χ3n) is 3.29. The zero-order valence-electron chi connectivity index (χ0n) is 12.4. The Hall–Kier alpha value is -2.33. The quantitative estimate of drug-likeness (QED) is 0.856. The zero-order chi connectivity index (χ0) is 15.9. The lowest BCUT2D eigenvalue weighted by Gasteiger charge is -2.29. The molecule has 1 aromatic heterocycles. The Morgan fingerprint density at radius 3 is 2.68 bits per heavy atom. The molecule has 0 saturated heterocycles. The fraction of sp³-hybridized carbons (Fsp3) is 0.176. The molecule has 1 aromatic carbocycles. The third-order valence-corrected chi connectivity index (χ3v) is 3.54. The van der Waals surface area contributed by atoms with Crippen LogP contribution in [0.2, 0.25) is 5.02 Å². The van der Waals surface area contributed by atoms with Gasteiger partial charge < -0.3 is 10.2 Å². The highest BCUT2D eigenvalue weighted by atomic mass is 35.5. The van der Waals surface area contributed by atoms with Crippen LogP contribution in [0, 0.1) is 0 Å². The van der Waals surface area contributed by atoms with Gasteiger partial charge in [0, 0.05) is 31.0 Å².